The van der Waals surface area contributed by atoms with Crippen LogP contribution in [0.3, 0.4) is 0 Å². The van der Waals surface area contributed by atoms with E-state index in [-0.39, 0.29) is 5.56 Å². The first-order valence-corrected chi connectivity index (χ1v) is 10.9. The average molecular weight is 458 g/mol. The Hall–Kier alpha value is -4.26. The Labute approximate surface area is 198 Å². The molecule has 0 saturated carbocycles. The maximum atomic E-state index is 11.3. The predicted octanol–water partition coefficient (Wildman–Crippen LogP) is 5.38. The van der Waals surface area contributed by atoms with Crippen LogP contribution in [0, 0.1) is 6.92 Å². The van der Waals surface area contributed by atoms with E-state index >= 15 is 0 Å². The van der Waals surface area contributed by atoms with Gasteiger partial charge in [-0.05, 0) is 73.9 Å². The number of ether oxygens (including phenoxy) is 2. The number of aryl methyl sites for hydroxylation is 2. The van der Waals surface area contributed by atoms with Crippen molar-refractivity contribution in [3.63, 3.8) is 0 Å². The number of nitrogens with one attached hydrogen (secondary N) is 1. The Morgan fingerprint density at radius 3 is 2.62 bits per heavy atom. The highest BCUT2D eigenvalue weighted by Crippen LogP contribution is 2.32. The number of hydrogen-bond acceptors (Lipinski definition) is 5. The zero-order valence-corrected chi connectivity index (χ0v) is 19.5. The van der Waals surface area contributed by atoms with Crippen LogP contribution < -0.4 is 14.8 Å². The van der Waals surface area contributed by atoms with Gasteiger partial charge in [-0.3, -0.25) is 0 Å². The number of rotatable bonds is 7. The van der Waals surface area contributed by atoms with Crippen LogP contribution in [0.15, 0.2) is 67.3 Å². The van der Waals surface area contributed by atoms with Crippen LogP contribution in [0.1, 0.15) is 39.3 Å². The molecule has 0 atom stereocenters. The van der Waals surface area contributed by atoms with Crippen LogP contribution >= 0.6 is 0 Å². The molecule has 1 aliphatic rings. The molecule has 2 aromatic carbocycles. The quantitative estimate of drug-likeness (QED) is 0.495. The third-order valence-corrected chi connectivity index (χ3v) is 5.71. The molecule has 0 fully saturated rings. The van der Waals surface area contributed by atoms with Gasteiger partial charge in [0.1, 0.15) is 5.69 Å². The fourth-order valence-electron chi connectivity index (χ4n) is 3.94. The lowest BCUT2D eigenvalue weighted by molar-refractivity contribution is 0.0696. The summed E-state index contributed by atoms with van der Waals surface area (Å²) in [5.41, 5.74) is 5.95. The SMILES string of the molecule is C=C(Nc1ccc(C(=O)O)c(C)c1)c1cc2n(n1)/C(c1ccc(OC)c(OC)c1)=C\C=C/CC2. The minimum Gasteiger partial charge on any atom is -0.493 e. The second kappa shape index (κ2) is 9.70. The minimum atomic E-state index is -0.945. The third kappa shape index (κ3) is 4.59. The van der Waals surface area contributed by atoms with Crippen LogP contribution in [0.25, 0.3) is 11.4 Å². The first-order chi connectivity index (χ1) is 16.4. The van der Waals surface area contributed by atoms with E-state index in [0.717, 1.165) is 35.5 Å². The van der Waals surface area contributed by atoms with E-state index in [1.54, 1.807) is 39.3 Å². The third-order valence-electron chi connectivity index (χ3n) is 5.71. The summed E-state index contributed by atoms with van der Waals surface area (Å²) in [5, 5.41) is 17.4. The van der Waals surface area contributed by atoms with Gasteiger partial charge in [0.15, 0.2) is 11.5 Å². The number of hydrogen-bond donors (Lipinski definition) is 2. The highest BCUT2D eigenvalue weighted by Gasteiger charge is 2.17. The first-order valence-electron chi connectivity index (χ1n) is 10.9. The van der Waals surface area contributed by atoms with Crippen molar-refractivity contribution < 1.29 is 19.4 Å². The molecule has 174 valence electrons. The monoisotopic (exact) mass is 457 g/mol. The van der Waals surface area contributed by atoms with Crippen molar-refractivity contribution in [3.05, 3.63) is 95.3 Å². The lowest BCUT2D eigenvalue weighted by Gasteiger charge is -2.15. The van der Waals surface area contributed by atoms with Gasteiger partial charge >= 0.3 is 5.97 Å². The van der Waals surface area contributed by atoms with Gasteiger partial charge in [-0.25, -0.2) is 9.48 Å². The number of methoxy groups -OCH3 is 2. The number of carboxylic acid groups (broad SMARTS) is 1. The second-order valence-electron chi connectivity index (χ2n) is 7.96. The molecule has 1 aromatic heterocycles. The van der Waals surface area contributed by atoms with Gasteiger partial charge in [-0.2, -0.15) is 5.10 Å². The van der Waals surface area contributed by atoms with Crippen LogP contribution in [-0.2, 0) is 6.42 Å². The van der Waals surface area contributed by atoms with E-state index in [1.165, 1.54) is 0 Å². The van der Waals surface area contributed by atoms with E-state index in [9.17, 15) is 9.90 Å². The summed E-state index contributed by atoms with van der Waals surface area (Å²) in [6, 6.07) is 12.9. The van der Waals surface area contributed by atoms with E-state index in [2.05, 4.69) is 18.0 Å². The van der Waals surface area contributed by atoms with Crippen molar-refractivity contribution in [1.82, 2.24) is 9.78 Å². The van der Waals surface area contributed by atoms with Gasteiger partial charge in [0.05, 0.1) is 31.2 Å². The zero-order chi connectivity index (χ0) is 24.2. The summed E-state index contributed by atoms with van der Waals surface area (Å²) in [7, 11) is 3.23. The summed E-state index contributed by atoms with van der Waals surface area (Å²) in [4.78, 5) is 11.3. The lowest BCUT2D eigenvalue weighted by Crippen LogP contribution is -2.08. The number of benzene rings is 2. The number of allylic oxidation sites excluding steroid dienone is 3. The maximum absolute atomic E-state index is 11.3. The van der Waals surface area contributed by atoms with Crippen LogP contribution in [0.4, 0.5) is 5.69 Å². The number of carbonyl (C=O) groups is 1. The Balaban J connectivity index is 1.67. The van der Waals surface area contributed by atoms with E-state index in [1.807, 2.05) is 41.1 Å². The fraction of sp³-hybridized carbons (Fsp3) is 0.185. The Bertz CT molecular complexity index is 1320. The van der Waals surface area contributed by atoms with Crippen molar-refractivity contribution in [1.29, 1.82) is 0 Å². The van der Waals surface area contributed by atoms with Gasteiger partial charge in [-0.15, -0.1) is 0 Å². The molecule has 2 N–H and O–H groups in total. The smallest absolute Gasteiger partial charge is 0.335 e. The minimum absolute atomic E-state index is 0.276. The largest absolute Gasteiger partial charge is 0.493 e. The summed E-state index contributed by atoms with van der Waals surface area (Å²) >= 11 is 0. The molecular weight excluding hydrogens is 430 g/mol. The van der Waals surface area contributed by atoms with E-state index in [4.69, 9.17) is 14.6 Å². The van der Waals surface area contributed by atoms with E-state index < -0.39 is 5.97 Å². The standard InChI is InChI=1S/C27H27N3O4/c1-17-14-20(11-12-22(17)27(31)32)28-18(2)23-16-21-8-6-5-7-9-24(30(21)29-23)19-10-13-25(33-3)26(15-19)34-4/h5,7,9-16,28H,2,6,8H2,1,3-4H3,(H,31,32)/b7-5-,24-9-. The molecular formula is C27H27N3O4. The normalized spacial score (nSPS) is 15.2. The molecule has 2 heterocycles. The number of nitrogens with zero attached hydrogens (tertiary/aromatic N) is 2. The van der Waals surface area contributed by atoms with Gasteiger partial charge in [-0.1, -0.05) is 18.7 Å². The predicted molar refractivity (Wildman–Crippen MR) is 133 cm³/mol. The van der Waals surface area contributed by atoms with Crippen LogP contribution in [0.2, 0.25) is 0 Å². The van der Waals surface area contributed by atoms with Crippen molar-refractivity contribution in [2.75, 3.05) is 19.5 Å². The molecule has 0 unspecified atom stereocenters. The van der Waals surface area contributed by atoms with Crippen molar-refractivity contribution >= 4 is 23.1 Å². The number of aromatic nitrogens is 2. The Kier molecular flexibility index (Phi) is 6.54. The summed E-state index contributed by atoms with van der Waals surface area (Å²) in [6.45, 7) is 5.94. The number of fused-ring (bicyclic) bond motifs is 1. The van der Waals surface area contributed by atoms with Crippen molar-refractivity contribution in [2.24, 2.45) is 0 Å². The summed E-state index contributed by atoms with van der Waals surface area (Å²) < 4.78 is 12.8. The molecule has 0 spiro atoms. The fourth-order valence-corrected chi connectivity index (χ4v) is 3.94. The van der Waals surface area contributed by atoms with Gasteiger partial charge in [0.25, 0.3) is 0 Å². The first kappa shape index (κ1) is 22.9. The van der Waals surface area contributed by atoms with Crippen LogP contribution in [-0.4, -0.2) is 35.1 Å². The Morgan fingerprint density at radius 1 is 1.12 bits per heavy atom. The van der Waals surface area contributed by atoms with Crippen molar-refractivity contribution in [3.8, 4) is 11.5 Å². The van der Waals surface area contributed by atoms with Crippen molar-refractivity contribution in [2.45, 2.75) is 19.8 Å². The van der Waals surface area contributed by atoms with Gasteiger partial charge in [0, 0.05) is 16.9 Å². The van der Waals surface area contributed by atoms with Gasteiger partial charge in [0.2, 0.25) is 0 Å². The van der Waals surface area contributed by atoms with E-state index in [0.29, 0.717) is 28.5 Å². The highest BCUT2D eigenvalue weighted by molar-refractivity contribution is 5.90. The molecule has 1 aliphatic heterocycles. The summed E-state index contributed by atoms with van der Waals surface area (Å²) in [5.74, 6) is 0.364. The lowest BCUT2D eigenvalue weighted by atomic mass is 10.1. The van der Waals surface area contributed by atoms with Crippen LogP contribution in [0.5, 0.6) is 11.5 Å². The molecule has 0 amide bonds. The number of aromatic carboxylic acids is 1. The Morgan fingerprint density at radius 2 is 1.91 bits per heavy atom. The molecule has 34 heavy (non-hydrogen) atoms. The number of anilines is 1. The molecule has 0 aliphatic carbocycles. The second-order valence-corrected chi connectivity index (χ2v) is 7.96. The average Bonchev–Trinajstić information content (AvgIpc) is 3.22. The molecule has 0 saturated heterocycles. The zero-order valence-electron chi connectivity index (χ0n) is 19.5. The highest BCUT2D eigenvalue weighted by atomic mass is 16.5. The molecule has 0 bridgehead atoms. The topological polar surface area (TPSA) is 85.6 Å². The van der Waals surface area contributed by atoms with Gasteiger partial charge < -0.3 is 19.9 Å². The number of carboxylic acids is 1. The molecule has 4 rings (SSSR count). The maximum Gasteiger partial charge on any atom is 0.335 e. The molecule has 3 aromatic rings. The molecule has 7 nitrogen and oxygen atoms in total. The molecule has 0 radical (unpaired) electrons. The molecule has 7 heteroatoms. The summed E-state index contributed by atoms with van der Waals surface area (Å²) in [6.07, 6.45) is 7.93.